The number of methoxy groups -OCH3 is 1. The molecule has 0 radical (unpaired) electrons. The number of aliphatic hydroxyl groups excluding tert-OH is 1. The van der Waals surface area contributed by atoms with Gasteiger partial charge in [-0.2, -0.15) is 0 Å². The van der Waals surface area contributed by atoms with Crippen LogP contribution in [0.25, 0.3) is 0 Å². The fourth-order valence-corrected chi connectivity index (χ4v) is 2.94. The number of hydrogen-bond acceptors (Lipinski definition) is 4. The van der Waals surface area contributed by atoms with Crippen molar-refractivity contribution in [2.24, 2.45) is 0 Å². The van der Waals surface area contributed by atoms with E-state index in [0.717, 1.165) is 36.5 Å². The number of aliphatic hydroxyl groups is 1. The van der Waals surface area contributed by atoms with E-state index in [1.165, 1.54) is 0 Å². The van der Waals surface area contributed by atoms with E-state index < -0.39 is 0 Å². The summed E-state index contributed by atoms with van der Waals surface area (Å²) in [5.41, 5.74) is 2.10. The van der Waals surface area contributed by atoms with Gasteiger partial charge in [0, 0.05) is 37.3 Å². The Morgan fingerprint density at radius 1 is 1.25 bits per heavy atom. The van der Waals surface area contributed by atoms with E-state index in [2.05, 4.69) is 30.7 Å². The Balaban J connectivity index is 2.13. The van der Waals surface area contributed by atoms with E-state index in [-0.39, 0.29) is 6.61 Å². The van der Waals surface area contributed by atoms with Crippen molar-refractivity contribution in [1.82, 2.24) is 9.80 Å². The average molecular weight is 278 g/mol. The van der Waals surface area contributed by atoms with E-state index in [0.29, 0.717) is 12.1 Å². The standard InChI is InChI=1S/C16H26N2O2/c1-12-8-18(9-13(2)17(12)3)10-15-7-14(11-19)5-6-16(15)20-4/h5-7,12-13,19H,8-11H2,1-4H3. The van der Waals surface area contributed by atoms with E-state index in [9.17, 15) is 5.11 Å². The Hall–Kier alpha value is -1.10. The van der Waals surface area contributed by atoms with Gasteiger partial charge in [0.05, 0.1) is 13.7 Å². The van der Waals surface area contributed by atoms with E-state index in [1.54, 1.807) is 7.11 Å². The predicted molar refractivity (Wildman–Crippen MR) is 80.9 cm³/mol. The Labute approximate surface area is 122 Å². The van der Waals surface area contributed by atoms with Crippen LogP contribution in [0.2, 0.25) is 0 Å². The Bertz CT molecular complexity index is 438. The van der Waals surface area contributed by atoms with Gasteiger partial charge in [-0.25, -0.2) is 0 Å². The monoisotopic (exact) mass is 278 g/mol. The van der Waals surface area contributed by atoms with Crippen molar-refractivity contribution < 1.29 is 9.84 Å². The van der Waals surface area contributed by atoms with Crippen LogP contribution in [0.4, 0.5) is 0 Å². The van der Waals surface area contributed by atoms with E-state index >= 15 is 0 Å². The summed E-state index contributed by atoms with van der Waals surface area (Å²) >= 11 is 0. The lowest BCUT2D eigenvalue weighted by Crippen LogP contribution is -2.54. The van der Waals surface area contributed by atoms with Gasteiger partial charge in [-0.1, -0.05) is 6.07 Å². The summed E-state index contributed by atoms with van der Waals surface area (Å²) in [5, 5.41) is 9.29. The summed E-state index contributed by atoms with van der Waals surface area (Å²) in [4.78, 5) is 4.90. The van der Waals surface area contributed by atoms with Crippen molar-refractivity contribution in [3.63, 3.8) is 0 Å². The lowest BCUT2D eigenvalue weighted by molar-refractivity contribution is 0.0552. The minimum absolute atomic E-state index is 0.0759. The first-order valence-corrected chi connectivity index (χ1v) is 7.26. The summed E-state index contributed by atoms with van der Waals surface area (Å²) in [6, 6.07) is 7.03. The van der Waals surface area contributed by atoms with Gasteiger partial charge in [-0.3, -0.25) is 9.80 Å². The van der Waals surface area contributed by atoms with Crippen molar-refractivity contribution in [2.75, 3.05) is 27.2 Å². The highest BCUT2D eigenvalue weighted by molar-refractivity contribution is 5.37. The molecule has 1 aliphatic rings. The molecule has 1 aromatic rings. The SMILES string of the molecule is COc1ccc(CO)cc1CN1CC(C)N(C)C(C)C1. The van der Waals surface area contributed by atoms with E-state index in [4.69, 9.17) is 4.74 Å². The topological polar surface area (TPSA) is 35.9 Å². The minimum atomic E-state index is 0.0759. The first-order valence-electron chi connectivity index (χ1n) is 7.26. The molecular weight excluding hydrogens is 252 g/mol. The largest absolute Gasteiger partial charge is 0.496 e. The second-order valence-corrected chi connectivity index (χ2v) is 5.86. The maximum atomic E-state index is 9.29. The molecule has 0 spiro atoms. The van der Waals surface area contributed by atoms with Gasteiger partial charge in [0.25, 0.3) is 0 Å². The number of benzene rings is 1. The molecule has 2 atom stereocenters. The summed E-state index contributed by atoms with van der Waals surface area (Å²) < 4.78 is 5.44. The summed E-state index contributed by atoms with van der Waals surface area (Å²) in [6.45, 7) is 7.61. The smallest absolute Gasteiger partial charge is 0.123 e. The van der Waals surface area contributed by atoms with Gasteiger partial charge in [0.15, 0.2) is 0 Å². The molecule has 1 aromatic carbocycles. The molecule has 0 amide bonds. The lowest BCUT2D eigenvalue weighted by atomic mass is 10.1. The van der Waals surface area contributed by atoms with Crippen molar-refractivity contribution in [3.8, 4) is 5.75 Å². The van der Waals surface area contributed by atoms with Crippen molar-refractivity contribution in [3.05, 3.63) is 29.3 Å². The fourth-order valence-electron chi connectivity index (χ4n) is 2.94. The molecule has 4 nitrogen and oxygen atoms in total. The molecule has 1 aliphatic heterocycles. The van der Waals surface area contributed by atoms with Crippen LogP contribution in [0.15, 0.2) is 18.2 Å². The molecule has 0 saturated carbocycles. The Morgan fingerprint density at radius 2 is 1.90 bits per heavy atom. The highest BCUT2D eigenvalue weighted by Crippen LogP contribution is 2.24. The van der Waals surface area contributed by atoms with Crippen LogP contribution >= 0.6 is 0 Å². The molecule has 112 valence electrons. The molecule has 1 fully saturated rings. The zero-order valence-electron chi connectivity index (χ0n) is 13.0. The molecule has 2 unspecified atom stereocenters. The molecule has 0 aromatic heterocycles. The zero-order chi connectivity index (χ0) is 14.7. The van der Waals surface area contributed by atoms with Gasteiger partial charge in [0.2, 0.25) is 0 Å². The van der Waals surface area contributed by atoms with Crippen molar-refractivity contribution in [1.29, 1.82) is 0 Å². The number of hydrogen-bond donors (Lipinski definition) is 1. The second-order valence-electron chi connectivity index (χ2n) is 5.86. The van der Waals surface area contributed by atoms with Crippen LogP contribution in [0.1, 0.15) is 25.0 Å². The molecule has 1 heterocycles. The first kappa shape index (κ1) is 15.3. The van der Waals surface area contributed by atoms with Crippen LogP contribution < -0.4 is 4.74 Å². The normalized spacial score (nSPS) is 24.9. The maximum Gasteiger partial charge on any atom is 0.123 e. The van der Waals surface area contributed by atoms with Crippen LogP contribution in [0.5, 0.6) is 5.75 Å². The summed E-state index contributed by atoms with van der Waals surface area (Å²) in [7, 11) is 3.90. The number of likely N-dealkylation sites (N-methyl/N-ethyl adjacent to an activating group) is 1. The second kappa shape index (κ2) is 6.57. The van der Waals surface area contributed by atoms with E-state index in [1.807, 2.05) is 18.2 Å². The number of piperazine rings is 1. The third-order valence-corrected chi connectivity index (χ3v) is 4.36. The fraction of sp³-hybridized carbons (Fsp3) is 0.625. The van der Waals surface area contributed by atoms with Gasteiger partial charge < -0.3 is 9.84 Å². The molecule has 0 aliphatic carbocycles. The highest BCUT2D eigenvalue weighted by atomic mass is 16.5. The van der Waals surface area contributed by atoms with Crippen LogP contribution in [0.3, 0.4) is 0 Å². The molecule has 0 bridgehead atoms. The van der Waals surface area contributed by atoms with Crippen molar-refractivity contribution in [2.45, 2.75) is 39.1 Å². The predicted octanol–water partition coefficient (Wildman–Crippen LogP) is 1.71. The molecule has 4 heteroatoms. The van der Waals surface area contributed by atoms with Crippen LogP contribution in [-0.4, -0.2) is 54.2 Å². The molecular formula is C16H26N2O2. The van der Waals surface area contributed by atoms with Gasteiger partial charge in [-0.05, 0) is 38.6 Å². The Kier molecular flexibility index (Phi) is 5.02. The molecule has 20 heavy (non-hydrogen) atoms. The van der Waals surface area contributed by atoms with Crippen LogP contribution in [-0.2, 0) is 13.2 Å². The van der Waals surface area contributed by atoms with Crippen molar-refractivity contribution >= 4 is 0 Å². The third-order valence-electron chi connectivity index (χ3n) is 4.36. The molecule has 1 saturated heterocycles. The third kappa shape index (κ3) is 3.32. The molecule has 2 rings (SSSR count). The average Bonchev–Trinajstić information content (AvgIpc) is 2.44. The zero-order valence-corrected chi connectivity index (χ0v) is 13.0. The quantitative estimate of drug-likeness (QED) is 0.909. The first-order chi connectivity index (χ1) is 9.55. The van der Waals surface area contributed by atoms with Crippen LogP contribution in [0, 0.1) is 0 Å². The number of ether oxygens (including phenoxy) is 1. The number of nitrogens with zero attached hydrogens (tertiary/aromatic N) is 2. The highest BCUT2D eigenvalue weighted by Gasteiger charge is 2.26. The maximum absolute atomic E-state index is 9.29. The number of rotatable bonds is 4. The summed E-state index contributed by atoms with van der Waals surface area (Å²) in [5.74, 6) is 0.904. The lowest BCUT2D eigenvalue weighted by Gasteiger charge is -2.42. The summed E-state index contributed by atoms with van der Waals surface area (Å²) in [6.07, 6.45) is 0. The Morgan fingerprint density at radius 3 is 2.45 bits per heavy atom. The van der Waals surface area contributed by atoms with Gasteiger partial charge >= 0.3 is 0 Å². The van der Waals surface area contributed by atoms with Gasteiger partial charge in [0.1, 0.15) is 5.75 Å². The van der Waals surface area contributed by atoms with Gasteiger partial charge in [-0.15, -0.1) is 0 Å². The molecule has 1 N–H and O–H groups in total. The minimum Gasteiger partial charge on any atom is -0.496 e.